The molecule has 1 saturated carbocycles. The van der Waals surface area contributed by atoms with Crippen molar-refractivity contribution in [1.82, 2.24) is 0 Å². The van der Waals surface area contributed by atoms with Crippen molar-refractivity contribution in [3.8, 4) is 5.75 Å². The standard InChI is InChI=1S/C11H8F4O2.C7H4F4/c12-6-4-7(13)10(9(15)8(6)14)17-11(16)5-2-1-3-5;1-3-4(8)2-5(9)7(11)6(3)10/h4-5H,1-3H2;2H,1H3. The molecule has 0 amide bonds. The Bertz CT molecular complexity index is 883. The summed E-state index contributed by atoms with van der Waals surface area (Å²) in [5, 5.41) is 0. The van der Waals surface area contributed by atoms with Gasteiger partial charge in [0.1, 0.15) is 5.82 Å². The SMILES string of the molecule is Cc1c(F)cc(F)c(F)c1F.O=C(Oc1c(F)cc(F)c(F)c1F)C1CCC1. The van der Waals surface area contributed by atoms with Crippen molar-refractivity contribution in [1.29, 1.82) is 0 Å². The summed E-state index contributed by atoms with van der Waals surface area (Å²) in [6, 6.07) is 0.454. The lowest BCUT2D eigenvalue weighted by molar-refractivity contribution is -0.142. The summed E-state index contributed by atoms with van der Waals surface area (Å²) in [5.41, 5.74) is -0.510. The number of esters is 1. The molecule has 2 aromatic rings. The Morgan fingerprint density at radius 1 is 0.786 bits per heavy atom. The molecule has 0 aromatic heterocycles. The molecular formula is C18H12F8O2. The van der Waals surface area contributed by atoms with Crippen molar-refractivity contribution in [2.45, 2.75) is 26.2 Å². The molecule has 0 unspecified atom stereocenters. The van der Waals surface area contributed by atoms with E-state index in [1.165, 1.54) is 0 Å². The van der Waals surface area contributed by atoms with Crippen LogP contribution in [0.5, 0.6) is 5.75 Å². The first-order valence-corrected chi connectivity index (χ1v) is 7.88. The summed E-state index contributed by atoms with van der Waals surface area (Å²) >= 11 is 0. The van der Waals surface area contributed by atoms with Crippen LogP contribution in [-0.4, -0.2) is 5.97 Å². The number of halogens is 8. The van der Waals surface area contributed by atoms with Gasteiger partial charge >= 0.3 is 5.97 Å². The third-order valence-electron chi connectivity index (χ3n) is 4.06. The highest BCUT2D eigenvalue weighted by molar-refractivity contribution is 5.76. The topological polar surface area (TPSA) is 26.3 Å². The molecular weight excluding hydrogens is 400 g/mol. The van der Waals surface area contributed by atoms with Crippen LogP contribution in [0.4, 0.5) is 35.1 Å². The molecule has 1 aliphatic carbocycles. The number of hydrogen-bond acceptors (Lipinski definition) is 2. The van der Waals surface area contributed by atoms with E-state index >= 15 is 0 Å². The van der Waals surface area contributed by atoms with Crippen molar-refractivity contribution in [3.63, 3.8) is 0 Å². The fourth-order valence-electron chi connectivity index (χ4n) is 2.13. The lowest BCUT2D eigenvalue weighted by atomic mass is 9.86. The third kappa shape index (κ3) is 4.42. The number of ether oxygens (including phenoxy) is 1. The molecule has 10 heteroatoms. The molecule has 0 aliphatic heterocycles. The number of carbonyl (C=O) groups is 1. The Hall–Kier alpha value is -2.65. The second-order valence-corrected chi connectivity index (χ2v) is 5.94. The first-order chi connectivity index (χ1) is 13.0. The molecule has 0 heterocycles. The first kappa shape index (κ1) is 21.6. The molecule has 0 N–H and O–H groups in total. The van der Waals surface area contributed by atoms with Gasteiger partial charge in [0.25, 0.3) is 0 Å². The van der Waals surface area contributed by atoms with Crippen LogP contribution in [0.2, 0.25) is 0 Å². The average Bonchev–Trinajstić information content (AvgIpc) is 2.59. The molecule has 152 valence electrons. The Kier molecular flexibility index (Phi) is 6.63. The second-order valence-electron chi connectivity index (χ2n) is 5.94. The zero-order chi connectivity index (χ0) is 21.2. The van der Waals surface area contributed by atoms with Crippen LogP contribution in [-0.2, 0) is 4.79 Å². The van der Waals surface area contributed by atoms with Gasteiger partial charge < -0.3 is 4.74 Å². The van der Waals surface area contributed by atoms with E-state index < -0.39 is 69.7 Å². The normalized spacial score (nSPS) is 13.5. The number of benzene rings is 2. The summed E-state index contributed by atoms with van der Waals surface area (Å²) in [7, 11) is 0. The largest absolute Gasteiger partial charge is 0.420 e. The quantitative estimate of drug-likeness (QED) is 0.214. The van der Waals surface area contributed by atoms with E-state index in [1.807, 2.05) is 0 Å². The molecule has 2 aromatic carbocycles. The molecule has 0 bridgehead atoms. The van der Waals surface area contributed by atoms with Crippen molar-refractivity contribution in [3.05, 3.63) is 64.2 Å². The maximum absolute atomic E-state index is 13.1. The maximum Gasteiger partial charge on any atom is 0.314 e. The summed E-state index contributed by atoms with van der Waals surface area (Å²) in [5.74, 6) is -14.9. The molecule has 0 radical (unpaired) electrons. The van der Waals surface area contributed by atoms with E-state index in [0.717, 1.165) is 13.3 Å². The molecule has 3 rings (SSSR count). The predicted octanol–water partition coefficient (Wildman–Crippen LogP) is 5.50. The smallest absolute Gasteiger partial charge is 0.314 e. The van der Waals surface area contributed by atoms with E-state index in [-0.39, 0.29) is 6.07 Å². The number of hydrogen-bond donors (Lipinski definition) is 0. The number of carbonyl (C=O) groups excluding carboxylic acids is 1. The van der Waals surface area contributed by atoms with E-state index in [9.17, 15) is 39.9 Å². The van der Waals surface area contributed by atoms with Gasteiger partial charge in [-0.3, -0.25) is 4.79 Å². The highest BCUT2D eigenvalue weighted by atomic mass is 19.2. The van der Waals surface area contributed by atoms with Gasteiger partial charge in [0.2, 0.25) is 11.6 Å². The van der Waals surface area contributed by atoms with E-state index in [4.69, 9.17) is 0 Å². The number of rotatable bonds is 2. The van der Waals surface area contributed by atoms with Gasteiger partial charge in [0.15, 0.2) is 34.9 Å². The van der Waals surface area contributed by atoms with Crippen LogP contribution >= 0.6 is 0 Å². The van der Waals surface area contributed by atoms with Gasteiger partial charge in [-0.05, 0) is 19.8 Å². The molecule has 2 nitrogen and oxygen atoms in total. The second kappa shape index (κ2) is 8.57. The molecule has 0 spiro atoms. The van der Waals surface area contributed by atoms with E-state index in [1.54, 1.807) is 0 Å². The minimum atomic E-state index is -1.86. The molecule has 1 fully saturated rings. The highest BCUT2D eigenvalue weighted by Gasteiger charge is 2.30. The van der Waals surface area contributed by atoms with E-state index in [2.05, 4.69) is 4.74 Å². The lowest BCUT2D eigenvalue weighted by Crippen LogP contribution is -2.27. The van der Waals surface area contributed by atoms with Crippen LogP contribution < -0.4 is 4.74 Å². The molecule has 1 aliphatic rings. The molecule has 0 atom stereocenters. The van der Waals surface area contributed by atoms with Gasteiger partial charge in [-0.25, -0.2) is 30.7 Å². The van der Waals surface area contributed by atoms with Crippen LogP contribution in [0, 0.1) is 59.4 Å². The van der Waals surface area contributed by atoms with Crippen molar-refractivity contribution >= 4 is 5.97 Å². The summed E-state index contributed by atoms with van der Waals surface area (Å²) in [6.45, 7) is 1.03. The Morgan fingerprint density at radius 2 is 1.29 bits per heavy atom. The predicted molar refractivity (Wildman–Crippen MR) is 80.3 cm³/mol. The van der Waals surface area contributed by atoms with Gasteiger partial charge in [-0.2, -0.15) is 4.39 Å². The van der Waals surface area contributed by atoms with Crippen LogP contribution in [0.15, 0.2) is 12.1 Å². The minimum absolute atomic E-state index is 0.141. The van der Waals surface area contributed by atoms with Gasteiger partial charge in [-0.1, -0.05) is 6.42 Å². The highest BCUT2D eigenvalue weighted by Crippen LogP contribution is 2.31. The average molecular weight is 412 g/mol. The Balaban J connectivity index is 0.000000221. The van der Waals surface area contributed by atoms with Gasteiger partial charge in [0, 0.05) is 17.7 Å². The molecule has 0 saturated heterocycles. The first-order valence-electron chi connectivity index (χ1n) is 7.88. The van der Waals surface area contributed by atoms with Crippen molar-refractivity contribution < 1.29 is 44.7 Å². The van der Waals surface area contributed by atoms with Crippen LogP contribution in [0.3, 0.4) is 0 Å². The Labute approximate surface area is 153 Å². The zero-order valence-electron chi connectivity index (χ0n) is 14.2. The maximum atomic E-state index is 13.1. The van der Waals surface area contributed by atoms with Crippen molar-refractivity contribution in [2.75, 3.05) is 0 Å². The third-order valence-corrected chi connectivity index (χ3v) is 4.06. The van der Waals surface area contributed by atoms with Crippen LogP contribution in [0.1, 0.15) is 24.8 Å². The van der Waals surface area contributed by atoms with Gasteiger partial charge in [-0.15, -0.1) is 0 Å². The summed E-state index contributed by atoms with van der Waals surface area (Å²) in [6.07, 6.45) is 1.99. The fraction of sp³-hybridized carbons (Fsp3) is 0.278. The lowest BCUT2D eigenvalue weighted by Gasteiger charge is -2.23. The zero-order valence-corrected chi connectivity index (χ0v) is 14.2. The molecule has 28 heavy (non-hydrogen) atoms. The van der Waals surface area contributed by atoms with Crippen molar-refractivity contribution in [2.24, 2.45) is 5.92 Å². The van der Waals surface area contributed by atoms with E-state index in [0.29, 0.717) is 18.9 Å². The summed E-state index contributed by atoms with van der Waals surface area (Å²) < 4.78 is 105. The van der Waals surface area contributed by atoms with Crippen LogP contribution in [0.25, 0.3) is 0 Å². The van der Waals surface area contributed by atoms with Gasteiger partial charge in [0.05, 0.1) is 5.92 Å². The summed E-state index contributed by atoms with van der Waals surface area (Å²) in [4.78, 5) is 11.3. The minimum Gasteiger partial charge on any atom is -0.420 e. The monoisotopic (exact) mass is 412 g/mol. The fourth-order valence-corrected chi connectivity index (χ4v) is 2.13. The Morgan fingerprint density at radius 3 is 1.79 bits per heavy atom.